The molecule has 2 amide bonds. The van der Waals surface area contributed by atoms with Crippen LogP contribution in [0.4, 0.5) is 0 Å². The summed E-state index contributed by atoms with van der Waals surface area (Å²) in [6.45, 7) is -0.179. The largest absolute Gasteiger partial charge is 0.508 e. The van der Waals surface area contributed by atoms with E-state index in [1.54, 1.807) is 24.3 Å². The molecule has 0 aliphatic rings. The molecule has 0 saturated carbocycles. The number of hydrogen-bond donors (Lipinski definition) is 3. The minimum atomic E-state index is -0.444. The molecule has 7 heteroatoms. The van der Waals surface area contributed by atoms with E-state index in [2.05, 4.69) is 38.4 Å². The Bertz CT molecular complexity index is 747. The zero-order valence-electron chi connectivity index (χ0n) is 12.0. The molecule has 0 radical (unpaired) electrons. The first-order chi connectivity index (χ1) is 11.1. The average molecular weight is 423 g/mol. The van der Waals surface area contributed by atoms with Gasteiger partial charge in [-0.15, -0.1) is 0 Å². The first-order valence-electron chi connectivity index (χ1n) is 6.70. The predicted molar refractivity (Wildman–Crippen MR) is 95.3 cm³/mol. The van der Waals surface area contributed by atoms with Gasteiger partial charge in [-0.2, -0.15) is 5.10 Å². The van der Waals surface area contributed by atoms with Gasteiger partial charge in [-0.1, -0.05) is 24.3 Å². The molecule has 0 unspecified atom stereocenters. The highest BCUT2D eigenvalue weighted by Gasteiger charge is 2.10. The Balaban J connectivity index is 1.81. The van der Waals surface area contributed by atoms with Crippen LogP contribution in [0.1, 0.15) is 15.9 Å². The smallest absolute Gasteiger partial charge is 0.259 e. The molecule has 0 bridgehead atoms. The van der Waals surface area contributed by atoms with Crippen molar-refractivity contribution in [1.82, 2.24) is 10.7 Å². The lowest BCUT2D eigenvalue weighted by atomic mass is 10.2. The number of nitrogens with zero attached hydrogens (tertiary/aromatic N) is 1. The number of hydrogen-bond acceptors (Lipinski definition) is 4. The van der Waals surface area contributed by atoms with Gasteiger partial charge in [0.2, 0.25) is 0 Å². The molecule has 23 heavy (non-hydrogen) atoms. The summed E-state index contributed by atoms with van der Waals surface area (Å²) in [6, 6.07) is 13.5. The first-order valence-corrected chi connectivity index (χ1v) is 7.78. The van der Waals surface area contributed by atoms with Gasteiger partial charge < -0.3 is 10.4 Å². The highest BCUT2D eigenvalue weighted by atomic mass is 127. The van der Waals surface area contributed by atoms with E-state index in [1.165, 1.54) is 18.3 Å². The van der Waals surface area contributed by atoms with Crippen LogP contribution in [0.5, 0.6) is 5.75 Å². The third kappa shape index (κ3) is 5.37. The van der Waals surface area contributed by atoms with E-state index in [9.17, 15) is 14.7 Å². The van der Waals surface area contributed by atoms with Gasteiger partial charge in [0, 0.05) is 3.57 Å². The molecular formula is C16H14IN3O3. The molecule has 0 saturated heterocycles. The zero-order valence-corrected chi connectivity index (χ0v) is 14.1. The summed E-state index contributed by atoms with van der Waals surface area (Å²) in [5, 5.41) is 15.6. The number of rotatable bonds is 5. The maximum Gasteiger partial charge on any atom is 0.259 e. The lowest BCUT2D eigenvalue weighted by Gasteiger charge is -2.05. The number of nitrogens with one attached hydrogen (secondary N) is 2. The number of halogens is 1. The third-order valence-electron chi connectivity index (χ3n) is 2.80. The number of aromatic hydroxyl groups is 1. The van der Waals surface area contributed by atoms with Crippen molar-refractivity contribution >= 4 is 40.6 Å². The highest BCUT2D eigenvalue weighted by molar-refractivity contribution is 14.1. The van der Waals surface area contributed by atoms with Crippen LogP contribution in [0, 0.1) is 3.57 Å². The van der Waals surface area contributed by atoms with E-state index in [-0.39, 0.29) is 18.2 Å². The number of amides is 2. The summed E-state index contributed by atoms with van der Waals surface area (Å²) in [5.74, 6) is -0.646. The summed E-state index contributed by atoms with van der Waals surface area (Å²) in [5.41, 5.74) is 3.47. The van der Waals surface area contributed by atoms with Gasteiger partial charge in [0.05, 0.1) is 18.3 Å². The molecule has 0 spiro atoms. The molecule has 3 N–H and O–H groups in total. The van der Waals surface area contributed by atoms with Gasteiger partial charge in [0.25, 0.3) is 11.8 Å². The Morgan fingerprint density at radius 2 is 1.96 bits per heavy atom. The number of carbonyl (C=O) groups is 2. The molecule has 2 rings (SSSR count). The van der Waals surface area contributed by atoms with Gasteiger partial charge in [-0.3, -0.25) is 9.59 Å². The van der Waals surface area contributed by atoms with Gasteiger partial charge >= 0.3 is 0 Å². The molecule has 0 fully saturated rings. The monoisotopic (exact) mass is 423 g/mol. The lowest BCUT2D eigenvalue weighted by molar-refractivity contribution is -0.120. The summed E-state index contributed by atoms with van der Waals surface area (Å²) >= 11 is 2.06. The van der Waals surface area contributed by atoms with E-state index in [0.29, 0.717) is 11.1 Å². The number of hydrazone groups is 1. The molecule has 118 valence electrons. The van der Waals surface area contributed by atoms with Crippen LogP contribution in [-0.4, -0.2) is 29.7 Å². The van der Waals surface area contributed by atoms with Gasteiger partial charge in [-0.25, -0.2) is 5.43 Å². The van der Waals surface area contributed by atoms with E-state index in [4.69, 9.17) is 0 Å². The molecule has 2 aromatic carbocycles. The fraction of sp³-hybridized carbons (Fsp3) is 0.0625. The van der Waals surface area contributed by atoms with Crippen LogP contribution in [-0.2, 0) is 4.79 Å². The van der Waals surface area contributed by atoms with Crippen molar-refractivity contribution in [3.8, 4) is 5.75 Å². The van der Waals surface area contributed by atoms with Crippen molar-refractivity contribution in [3.05, 3.63) is 63.2 Å². The fourth-order valence-electron chi connectivity index (χ4n) is 1.72. The van der Waals surface area contributed by atoms with Crippen molar-refractivity contribution < 1.29 is 14.7 Å². The summed E-state index contributed by atoms with van der Waals surface area (Å²) in [6.07, 6.45) is 1.40. The van der Waals surface area contributed by atoms with E-state index in [1.807, 2.05) is 12.1 Å². The van der Waals surface area contributed by atoms with Crippen molar-refractivity contribution in [2.45, 2.75) is 0 Å². The Morgan fingerprint density at radius 1 is 1.17 bits per heavy atom. The van der Waals surface area contributed by atoms with Crippen LogP contribution >= 0.6 is 22.6 Å². The van der Waals surface area contributed by atoms with Crippen molar-refractivity contribution in [2.24, 2.45) is 5.10 Å². The quantitative estimate of drug-likeness (QED) is 0.390. The van der Waals surface area contributed by atoms with Crippen LogP contribution in [0.3, 0.4) is 0 Å². The number of carbonyl (C=O) groups excluding carboxylic acids is 2. The Labute approximate surface area is 146 Å². The minimum Gasteiger partial charge on any atom is -0.508 e. The molecule has 2 aromatic rings. The second-order valence-corrected chi connectivity index (χ2v) is 5.71. The number of phenols is 1. The maximum atomic E-state index is 11.9. The topological polar surface area (TPSA) is 90.8 Å². The number of phenolic OH excluding ortho intramolecular Hbond substituents is 1. The van der Waals surface area contributed by atoms with Crippen molar-refractivity contribution in [1.29, 1.82) is 0 Å². The Morgan fingerprint density at radius 3 is 2.70 bits per heavy atom. The number of benzene rings is 2. The molecule has 6 nitrogen and oxygen atoms in total. The average Bonchev–Trinajstić information content (AvgIpc) is 2.53. The minimum absolute atomic E-state index is 0.116. The zero-order chi connectivity index (χ0) is 16.7. The fourth-order valence-corrected chi connectivity index (χ4v) is 2.36. The summed E-state index contributed by atoms with van der Waals surface area (Å²) in [4.78, 5) is 23.6. The second-order valence-electron chi connectivity index (χ2n) is 4.55. The third-order valence-corrected chi connectivity index (χ3v) is 3.74. The van der Waals surface area contributed by atoms with Crippen LogP contribution < -0.4 is 10.7 Å². The molecular weight excluding hydrogens is 409 g/mol. The summed E-state index contributed by atoms with van der Waals surface area (Å²) in [7, 11) is 0. The van der Waals surface area contributed by atoms with Gasteiger partial charge in [0.1, 0.15) is 5.75 Å². The lowest BCUT2D eigenvalue weighted by Crippen LogP contribution is -2.35. The molecule has 0 heterocycles. The molecule has 0 aliphatic heterocycles. The van der Waals surface area contributed by atoms with Crippen LogP contribution in [0.25, 0.3) is 0 Å². The van der Waals surface area contributed by atoms with Crippen LogP contribution in [0.15, 0.2) is 53.6 Å². The normalized spacial score (nSPS) is 10.5. The SMILES string of the molecule is O=C(CNC(=O)c1ccccc1I)N/N=C/c1cccc(O)c1. The van der Waals surface area contributed by atoms with Gasteiger partial charge in [-0.05, 0) is 52.4 Å². The molecule has 0 aromatic heterocycles. The van der Waals surface area contributed by atoms with E-state index < -0.39 is 5.91 Å². The van der Waals surface area contributed by atoms with Crippen molar-refractivity contribution in [2.75, 3.05) is 6.54 Å². The second kappa shape index (κ2) is 8.28. The standard InChI is InChI=1S/C16H14IN3O3/c17-14-7-2-1-6-13(14)16(23)18-10-15(22)20-19-9-11-4-3-5-12(21)8-11/h1-9,21H,10H2,(H,18,23)(H,20,22)/b19-9+. The summed E-state index contributed by atoms with van der Waals surface area (Å²) < 4.78 is 0.810. The van der Waals surface area contributed by atoms with E-state index in [0.717, 1.165) is 3.57 Å². The predicted octanol–water partition coefficient (Wildman–Crippen LogP) is 1.88. The molecule has 0 atom stereocenters. The van der Waals surface area contributed by atoms with Crippen LogP contribution in [0.2, 0.25) is 0 Å². The maximum absolute atomic E-state index is 11.9. The highest BCUT2D eigenvalue weighted by Crippen LogP contribution is 2.11. The van der Waals surface area contributed by atoms with Crippen molar-refractivity contribution in [3.63, 3.8) is 0 Å². The Kier molecular flexibility index (Phi) is 6.10. The Hall–Kier alpha value is -2.42. The van der Waals surface area contributed by atoms with Gasteiger partial charge in [0.15, 0.2) is 0 Å². The first kappa shape index (κ1) is 16.9. The molecule has 0 aliphatic carbocycles. The van der Waals surface area contributed by atoms with E-state index >= 15 is 0 Å².